The second kappa shape index (κ2) is 5.48. The minimum absolute atomic E-state index is 0.101. The zero-order valence-corrected chi connectivity index (χ0v) is 12.1. The van der Waals surface area contributed by atoms with Gasteiger partial charge in [0.2, 0.25) is 0 Å². The average molecular weight is 265 g/mol. The fraction of sp³-hybridized carbons (Fsp3) is 0.278. The summed E-state index contributed by atoms with van der Waals surface area (Å²) in [5, 5.41) is 19.3. The quantitative estimate of drug-likeness (QED) is 0.893. The second-order valence-electron chi connectivity index (χ2n) is 6.01. The number of hydrogen-bond acceptors (Lipinski definition) is 2. The minimum atomic E-state index is -0.697. The summed E-state index contributed by atoms with van der Waals surface area (Å²) < 4.78 is 0. The van der Waals surface area contributed by atoms with E-state index < -0.39 is 6.10 Å². The maximum absolute atomic E-state index is 10.4. The Hall–Kier alpha value is -2.11. The molecule has 2 aromatic carbocycles. The van der Waals surface area contributed by atoms with Crippen molar-refractivity contribution in [3.63, 3.8) is 0 Å². The van der Waals surface area contributed by atoms with Crippen molar-refractivity contribution in [2.45, 2.75) is 32.3 Å². The van der Waals surface area contributed by atoms with Gasteiger partial charge in [-0.15, -0.1) is 0 Å². The summed E-state index contributed by atoms with van der Waals surface area (Å²) in [5.41, 5.74) is 3.48. The predicted molar refractivity (Wildman–Crippen MR) is 80.4 cm³/mol. The van der Waals surface area contributed by atoms with Crippen LogP contribution in [0, 0.1) is 11.3 Å². The molecule has 0 fully saturated rings. The van der Waals surface area contributed by atoms with Gasteiger partial charge in [-0.1, -0.05) is 57.2 Å². The number of nitriles is 1. The van der Waals surface area contributed by atoms with Gasteiger partial charge in [-0.2, -0.15) is 5.26 Å². The van der Waals surface area contributed by atoms with E-state index in [1.165, 1.54) is 5.56 Å². The van der Waals surface area contributed by atoms with Crippen LogP contribution >= 0.6 is 0 Å². The first kappa shape index (κ1) is 14.3. The molecule has 0 bridgehead atoms. The Kier molecular flexibility index (Phi) is 3.92. The number of aliphatic hydroxyl groups excluding tert-OH is 1. The first-order chi connectivity index (χ1) is 9.41. The van der Waals surface area contributed by atoms with Gasteiger partial charge >= 0.3 is 0 Å². The van der Waals surface area contributed by atoms with E-state index in [1.54, 1.807) is 18.2 Å². The lowest BCUT2D eigenvalue weighted by Gasteiger charge is -2.20. The second-order valence-corrected chi connectivity index (χ2v) is 6.01. The third kappa shape index (κ3) is 3.07. The van der Waals surface area contributed by atoms with Crippen molar-refractivity contribution < 1.29 is 5.11 Å². The fourth-order valence-electron chi connectivity index (χ4n) is 2.14. The molecule has 0 aromatic heterocycles. The summed E-state index contributed by atoms with van der Waals surface area (Å²) in [6, 6.07) is 17.2. The molecular formula is C18H19NO. The summed E-state index contributed by atoms with van der Waals surface area (Å²) >= 11 is 0. The molecule has 0 saturated heterocycles. The SMILES string of the molecule is CC(C)(C)c1ccc(C(O)c2cccc(C#N)c2)cc1. The van der Waals surface area contributed by atoms with E-state index in [2.05, 4.69) is 26.8 Å². The van der Waals surface area contributed by atoms with Crippen molar-refractivity contribution in [1.82, 2.24) is 0 Å². The van der Waals surface area contributed by atoms with Crippen molar-refractivity contribution in [2.24, 2.45) is 0 Å². The zero-order valence-electron chi connectivity index (χ0n) is 12.1. The van der Waals surface area contributed by atoms with Gasteiger partial charge in [0.15, 0.2) is 0 Å². The van der Waals surface area contributed by atoms with Crippen LogP contribution in [-0.4, -0.2) is 5.11 Å². The van der Waals surface area contributed by atoms with Crippen molar-refractivity contribution in [2.75, 3.05) is 0 Å². The highest BCUT2D eigenvalue weighted by atomic mass is 16.3. The van der Waals surface area contributed by atoms with Gasteiger partial charge in [-0.05, 0) is 34.2 Å². The number of hydrogen-bond donors (Lipinski definition) is 1. The van der Waals surface area contributed by atoms with Crippen molar-refractivity contribution in [3.05, 3.63) is 70.8 Å². The standard InChI is InChI=1S/C18H19NO/c1-18(2,3)16-9-7-14(8-10-16)17(20)15-6-4-5-13(11-15)12-19/h4-11,17,20H,1-3H3. The molecule has 2 heteroatoms. The van der Waals surface area contributed by atoms with Crippen molar-refractivity contribution in [3.8, 4) is 6.07 Å². The third-order valence-corrected chi connectivity index (χ3v) is 3.42. The molecule has 0 aliphatic rings. The molecule has 2 nitrogen and oxygen atoms in total. The smallest absolute Gasteiger partial charge is 0.104 e. The molecule has 1 atom stereocenters. The summed E-state index contributed by atoms with van der Waals surface area (Å²) in [7, 11) is 0. The molecule has 0 amide bonds. The Morgan fingerprint density at radius 2 is 1.65 bits per heavy atom. The topological polar surface area (TPSA) is 44.0 Å². The van der Waals surface area contributed by atoms with Gasteiger partial charge < -0.3 is 5.11 Å². The molecule has 0 radical (unpaired) electrons. The van der Waals surface area contributed by atoms with Gasteiger partial charge in [0, 0.05) is 0 Å². The first-order valence-corrected chi connectivity index (χ1v) is 6.70. The number of aliphatic hydroxyl groups is 1. The molecule has 102 valence electrons. The normalized spacial score (nSPS) is 12.8. The monoisotopic (exact) mass is 265 g/mol. The molecule has 0 spiro atoms. The van der Waals surface area contributed by atoms with Crippen molar-refractivity contribution >= 4 is 0 Å². The van der Waals surface area contributed by atoms with Crippen LogP contribution < -0.4 is 0 Å². The highest BCUT2D eigenvalue weighted by molar-refractivity contribution is 5.38. The van der Waals surface area contributed by atoms with E-state index in [0.29, 0.717) is 5.56 Å². The average Bonchev–Trinajstić information content (AvgIpc) is 2.46. The number of nitrogens with zero attached hydrogens (tertiary/aromatic N) is 1. The Morgan fingerprint density at radius 3 is 2.20 bits per heavy atom. The third-order valence-electron chi connectivity index (χ3n) is 3.42. The van der Waals surface area contributed by atoms with Crippen LogP contribution in [0.1, 0.15) is 49.1 Å². The maximum Gasteiger partial charge on any atom is 0.104 e. The largest absolute Gasteiger partial charge is 0.384 e. The van der Waals surface area contributed by atoms with Gasteiger partial charge in [0.1, 0.15) is 6.10 Å². The van der Waals surface area contributed by atoms with E-state index in [9.17, 15) is 5.11 Å². The lowest BCUT2D eigenvalue weighted by molar-refractivity contribution is 0.220. The van der Waals surface area contributed by atoms with Crippen LogP contribution in [0.4, 0.5) is 0 Å². The lowest BCUT2D eigenvalue weighted by atomic mass is 9.86. The molecule has 2 aromatic rings. The maximum atomic E-state index is 10.4. The highest BCUT2D eigenvalue weighted by Gasteiger charge is 2.15. The molecular weight excluding hydrogens is 246 g/mol. The highest BCUT2D eigenvalue weighted by Crippen LogP contribution is 2.26. The molecule has 0 saturated carbocycles. The van der Waals surface area contributed by atoms with Crippen LogP contribution in [0.25, 0.3) is 0 Å². The molecule has 0 heterocycles. The number of benzene rings is 2. The predicted octanol–water partition coefficient (Wildman–Crippen LogP) is 3.94. The Bertz CT molecular complexity index is 630. The summed E-state index contributed by atoms with van der Waals surface area (Å²) in [4.78, 5) is 0. The van der Waals surface area contributed by atoms with Gasteiger partial charge in [-0.25, -0.2) is 0 Å². The van der Waals surface area contributed by atoms with Crippen LogP contribution in [0.5, 0.6) is 0 Å². The van der Waals surface area contributed by atoms with E-state index in [0.717, 1.165) is 11.1 Å². The summed E-state index contributed by atoms with van der Waals surface area (Å²) in [6.07, 6.45) is -0.697. The molecule has 20 heavy (non-hydrogen) atoms. The van der Waals surface area contributed by atoms with E-state index in [4.69, 9.17) is 5.26 Å². The van der Waals surface area contributed by atoms with E-state index in [1.807, 2.05) is 30.3 Å². The van der Waals surface area contributed by atoms with E-state index in [-0.39, 0.29) is 5.41 Å². The first-order valence-electron chi connectivity index (χ1n) is 6.70. The minimum Gasteiger partial charge on any atom is -0.384 e. The Morgan fingerprint density at radius 1 is 1.00 bits per heavy atom. The van der Waals surface area contributed by atoms with Gasteiger partial charge in [0.25, 0.3) is 0 Å². The van der Waals surface area contributed by atoms with Crippen molar-refractivity contribution in [1.29, 1.82) is 5.26 Å². The summed E-state index contributed by atoms with van der Waals surface area (Å²) in [6.45, 7) is 6.48. The van der Waals surface area contributed by atoms with Crippen LogP contribution in [0.3, 0.4) is 0 Å². The summed E-state index contributed by atoms with van der Waals surface area (Å²) in [5.74, 6) is 0. The zero-order chi connectivity index (χ0) is 14.8. The Labute approximate surface area is 120 Å². The Balaban J connectivity index is 2.29. The van der Waals surface area contributed by atoms with Crippen LogP contribution in [0.15, 0.2) is 48.5 Å². The lowest BCUT2D eigenvalue weighted by Crippen LogP contribution is -2.11. The fourth-order valence-corrected chi connectivity index (χ4v) is 2.14. The molecule has 2 rings (SSSR count). The van der Waals surface area contributed by atoms with Gasteiger partial charge in [0.05, 0.1) is 11.6 Å². The molecule has 0 aliphatic carbocycles. The van der Waals surface area contributed by atoms with Crippen LogP contribution in [-0.2, 0) is 5.41 Å². The molecule has 1 unspecified atom stereocenters. The molecule has 0 aliphatic heterocycles. The van der Waals surface area contributed by atoms with Gasteiger partial charge in [-0.3, -0.25) is 0 Å². The van der Waals surface area contributed by atoms with E-state index >= 15 is 0 Å². The molecule has 1 N–H and O–H groups in total. The number of rotatable bonds is 2. The van der Waals surface area contributed by atoms with Crippen LogP contribution in [0.2, 0.25) is 0 Å².